The average molecular weight is 279 g/mol. The second-order valence-electron chi connectivity index (χ2n) is 4.29. The van der Waals surface area contributed by atoms with Crippen molar-refractivity contribution in [2.75, 3.05) is 6.26 Å². The summed E-state index contributed by atoms with van der Waals surface area (Å²) < 4.78 is 0. The predicted octanol–water partition coefficient (Wildman–Crippen LogP) is 2.11. The zero-order valence-corrected chi connectivity index (χ0v) is 11.7. The molecule has 0 radical (unpaired) electrons. The van der Waals surface area contributed by atoms with Crippen molar-refractivity contribution in [1.82, 2.24) is 10.6 Å². The van der Waals surface area contributed by atoms with Crippen molar-refractivity contribution in [3.05, 3.63) is 0 Å². The van der Waals surface area contributed by atoms with Crippen LogP contribution in [0.4, 0.5) is 4.79 Å². The molecule has 1 rings (SSSR count). The largest absolute Gasteiger partial charge is 0.335 e. The Kier molecular flexibility index (Phi) is 6.12. The molecule has 1 aliphatic carbocycles. The standard InChI is InChI=1S/C11H19ClN2O2S/c1-7(12)10(15)14-11(16)13-8-3-5-9(17-2)6-4-8/h7-9H,3-6H2,1-2H3,(H2,13,14,15,16). The highest BCUT2D eigenvalue weighted by Gasteiger charge is 2.22. The molecule has 0 aromatic rings. The highest BCUT2D eigenvalue weighted by atomic mass is 35.5. The number of urea groups is 1. The normalized spacial score (nSPS) is 26.1. The number of alkyl halides is 1. The summed E-state index contributed by atoms with van der Waals surface area (Å²) in [6, 6.07) is -0.257. The van der Waals surface area contributed by atoms with E-state index in [0.29, 0.717) is 5.25 Å². The summed E-state index contributed by atoms with van der Waals surface area (Å²) in [5, 5.41) is 5.06. The highest BCUT2D eigenvalue weighted by molar-refractivity contribution is 7.99. The van der Waals surface area contributed by atoms with Gasteiger partial charge in [-0.2, -0.15) is 11.8 Å². The summed E-state index contributed by atoms with van der Waals surface area (Å²) in [7, 11) is 0. The monoisotopic (exact) mass is 278 g/mol. The number of carbonyl (C=O) groups is 2. The van der Waals surface area contributed by atoms with Crippen LogP contribution in [0.5, 0.6) is 0 Å². The van der Waals surface area contributed by atoms with Crippen LogP contribution in [0.3, 0.4) is 0 Å². The first kappa shape index (κ1) is 14.6. The smallest absolute Gasteiger partial charge is 0.321 e. The predicted molar refractivity (Wildman–Crippen MR) is 71.5 cm³/mol. The fraction of sp³-hybridized carbons (Fsp3) is 0.818. The Morgan fingerprint density at radius 2 is 1.88 bits per heavy atom. The molecule has 0 heterocycles. The third kappa shape index (κ3) is 5.17. The number of thioether (sulfide) groups is 1. The van der Waals surface area contributed by atoms with Crippen LogP contribution >= 0.6 is 23.4 Å². The zero-order valence-electron chi connectivity index (χ0n) is 10.2. The van der Waals surface area contributed by atoms with Crippen molar-refractivity contribution < 1.29 is 9.59 Å². The Labute approximate surface area is 111 Å². The van der Waals surface area contributed by atoms with Crippen molar-refractivity contribution in [1.29, 1.82) is 0 Å². The van der Waals surface area contributed by atoms with Gasteiger partial charge >= 0.3 is 6.03 Å². The van der Waals surface area contributed by atoms with Gasteiger partial charge < -0.3 is 5.32 Å². The van der Waals surface area contributed by atoms with Gasteiger partial charge in [0.15, 0.2) is 0 Å². The van der Waals surface area contributed by atoms with E-state index in [0.717, 1.165) is 25.7 Å². The van der Waals surface area contributed by atoms with Crippen molar-refractivity contribution in [2.24, 2.45) is 0 Å². The number of imide groups is 1. The highest BCUT2D eigenvalue weighted by Crippen LogP contribution is 2.26. The Bertz CT molecular complexity index is 279. The van der Waals surface area contributed by atoms with E-state index in [1.54, 1.807) is 0 Å². The van der Waals surface area contributed by atoms with Crippen LogP contribution in [0.15, 0.2) is 0 Å². The first-order chi connectivity index (χ1) is 8.02. The van der Waals surface area contributed by atoms with E-state index in [1.807, 2.05) is 11.8 Å². The lowest BCUT2D eigenvalue weighted by atomic mass is 9.95. The van der Waals surface area contributed by atoms with Gasteiger partial charge in [0.2, 0.25) is 5.91 Å². The quantitative estimate of drug-likeness (QED) is 0.778. The van der Waals surface area contributed by atoms with Crippen molar-refractivity contribution in [3.63, 3.8) is 0 Å². The molecule has 0 spiro atoms. The number of halogens is 1. The van der Waals surface area contributed by atoms with Crippen LogP contribution in [0, 0.1) is 0 Å². The molecular formula is C11H19ClN2O2S. The summed E-state index contributed by atoms with van der Waals surface area (Å²) in [6.07, 6.45) is 6.30. The average Bonchev–Trinajstić information content (AvgIpc) is 2.29. The van der Waals surface area contributed by atoms with E-state index in [9.17, 15) is 9.59 Å². The van der Waals surface area contributed by atoms with E-state index in [-0.39, 0.29) is 6.04 Å². The molecule has 1 saturated carbocycles. The Balaban J connectivity index is 2.26. The maximum absolute atomic E-state index is 11.5. The molecule has 1 atom stereocenters. The lowest BCUT2D eigenvalue weighted by molar-refractivity contribution is -0.119. The van der Waals surface area contributed by atoms with Gasteiger partial charge in [-0.05, 0) is 38.9 Å². The number of hydrogen-bond donors (Lipinski definition) is 2. The zero-order chi connectivity index (χ0) is 12.8. The SMILES string of the molecule is CSC1CCC(NC(=O)NC(=O)C(C)Cl)CC1. The summed E-state index contributed by atoms with van der Waals surface area (Å²) in [5.74, 6) is -0.457. The van der Waals surface area contributed by atoms with E-state index in [1.165, 1.54) is 6.92 Å². The fourth-order valence-electron chi connectivity index (χ4n) is 1.88. The lowest BCUT2D eigenvalue weighted by Gasteiger charge is -2.27. The molecule has 0 aliphatic heterocycles. The van der Waals surface area contributed by atoms with Gasteiger partial charge in [0.05, 0.1) is 0 Å². The first-order valence-electron chi connectivity index (χ1n) is 5.81. The van der Waals surface area contributed by atoms with Gasteiger partial charge in [-0.1, -0.05) is 0 Å². The third-order valence-electron chi connectivity index (χ3n) is 2.94. The molecule has 4 nitrogen and oxygen atoms in total. The Morgan fingerprint density at radius 3 is 2.35 bits per heavy atom. The molecule has 0 bridgehead atoms. The number of rotatable bonds is 3. The van der Waals surface area contributed by atoms with Gasteiger partial charge in [0.25, 0.3) is 0 Å². The van der Waals surface area contributed by atoms with Crippen molar-refractivity contribution in [3.8, 4) is 0 Å². The summed E-state index contributed by atoms with van der Waals surface area (Å²) in [4.78, 5) is 22.7. The van der Waals surface area contributed by atoms with E-state index in [4.69, 9.17) is 11.6 Å². The molecule has 1 aliphatic rings. The lowest BCUT2D eigenvalue weighted by Crippen LogP contribution is -2.47. The molecule has 2 N–H and O–H groups in total. The van der Waals surface area contributed by atoms with Gasteiger partial charge in [0.1, 0.15) is 5.38 Å². The third-order valence-corrected chi connectivity index (χ3v) is 4.28. The molecule has 6 heteroatoms. The summed E-state index contributed by atoms with van der Waals surface area (Å²) in [5.41, 5.74) is 0. The minimum Gasteiger partial charge on any atom is -0.335 e. The number of carbonyl (C=O) groups excluding carboxylic acids is 2. The molecular weight excluding hydrogens is 260 g/mol. The molecule has 98 valence electrons. The van der Waals surface area contributed by atoms with E-state index < -0.39 is 17.3 Å². The van der Waals surface area contributed by atoms with E-state index in [2.05, 4.69) is 16.9 Å². The molecule has 17 heavy (non-hydrogen) atoms. The van der Waals surface area contributed by atoms with E-state index >= 15 is 0 Å². The van der Waals surface area contributed by atoms with Crippen LogP contribution < -0.4 is 10.6 Å². The topological polar surface area (TPSA) is 58.2 Å². The van der Waals surface area contributed by atoms with Crippen LogP contribution in [-0.4, -0.2) is 34.9 Å². The number of amides is 3. The second-order valence-corrected chi connectivity index (χ2v) is 6.08. The van der Waals surface area contributed by atoms with Gasteiger partial charge in [-0.15, -0.1) is 11.6 Å². The summed E-state index contributed by atoms with van der Waals surface area (Å²) in [6.45, 7) is 1.54. The fourth-order valence-corrected chi connectivity index (χ4v) is 2.67. The molecule has 0 saturated heterocycles. The van der Waals surface area contributed by atoms with Crippen LogP contribution in [0.25, 0.3) is 0 Å². The van der Waals surface area contributed by atoms with Crippen molar-refractivity contribution in [2.45, 2.75) is 49.3 Å². The van der Waals surface area contributed by atoms with Crippen LogP contribution in [0.1, 0.15) is 32.6 Å². The molecule has 1 fully saturated rings. The van der Waals surface area contributed by atoms with Gasteiger partial charge in [-0.25, -0.2) is 4.79 Å². The second kappa shape index (κ2) is 7.11. The van der Waals surface area contributed by atoms with Crippen LogP contribution in [0.2, 0.25) is 0 Å². The molecule has 3 amide bonds. The molecule has 0 aromatic carbocycles. The van der Waals surface area contributed by atoms with Crippen molar-refractivity contribution >= 4 is 35.3 Å². The van der Waals surface area contributed by atoms with Gasteiger partial charge in [-0.3, -0.25) is 10.1 Å². The maximum atomic E-state index is 11.5. The first-order valence-corrected chi connectivity index (χ1v) is 7.53. The number of nitrogens with one attached hydrogen (secondary N) is 2. The number of hydrogen-bond acceptors (Lipinski definition) is 3. The van der Waals surface area contributed by atoms with Gasteiger partial charge in [0, 0.05) is 11.3 Å². The summed E-state index contributed by atoms with van der Waals surface area (Å²) >= 11 is 7.44. The minimum atomic E-state index is -0.687. The minimum absolute atomic E-state index is 0.178. The maximum Gasteiger partial charge on any atom is 0.321 e. The molecule has 1 unspecified atom stereocenters. The van der Waals surface area contributed by atoms with Crippen LogP contribution in [-0.2, 0) is 4.79 Å². The Hall–Kier alpha value is -0.420. The Morgan fingerprint density at radius 1 is 1.29 bits per heavy atom. The molecule has 0 aromatic heterocycles.